The molecule has 1 N–H and O–H groups in total. The van der Waals surface area contributed by atoms with Crippen molar-refractivity contribution in [3.8, 4) is 0 Å². The molecule has 1 rings (SSSR count). The topological polar surface area (TPSA) is 32.3 Å². The van der Waals surface area contributed by atoms with Crippen molar-refractivity contribution in [2.24, 2.45) is 0 Å². The average Bonchev–Trinajstić information content (AvgIpc) is 2.29. The summed E-state index contributed by atoms with van der Waals surface area (Å²) in [6.07, 6.45) is 0. The fraction of sp³-hybridized carbons (Fsp3) is 0.500. The highest BCUT2D eigenvalue weighted by molar-refractivity contribution is 5.80. The zero-order valence-corrected chi connectivity index (χ0v) is 11.4. The molecule has 3 heteroatoms. The quantitative estimate of drug-likeness (QED) is 0.862. The first-order valence-electron chi connectivity index (χ1n) is 5.93. The number of aryl methyl sites for hydroxylation is 1. The lowest BCUT2D eigenvalue weighted by Crippen LogP contribution is -2.41. The molecule has 0 aliphatic rings. The van der Waals surface area contributed by atoms with E-state index >= 15 is 0 Å². The first-order valence-corrected chi connectivity index (χ1v) is 5.93. The van der Waals surface area contributed by atoms with Crippen molar-refractivity contribution in [3.63, 3.8) is 0 Å². The van der Waals surface area contributed by atoms with Gasteiger partial charge in [0.1, 0.15) is 0 Å². The van der Waals surface area contributed by atoms with E-state index in [2.05, 4.69) is 37.4 Å². The van der Waals surface area contributed by atoms with Crippen LogP contribution in [0.4, 0.5) is 0 Å². The van der Waals surface area contributed by atoms with Gasteiger partial charge in [-0.25, -0.2) is 0 Å². The number of nitrogens with zero attached hydrogens (tertiary/aromatic N) is 1. The van der Waals surface area contributed by atoms with E-state index in [0.717, 1.165) is 6.54 Å². The largest absolute Gasteiger partial charge is 0.347 e. The number of benzene rings is 1. The van der Waals surface area contributed by atoms with Gasteiger partial charge in [0.2, 0.25) is 5.91 Å². The van der Waals surface area contributed by atoms with Crippen molar-refractivity contribution in [1.82, 2.24) is 10.2 Å². The Hall–Kier alpha value is -1.35. The van der Waals surface area contributed by atoms with Crippen LogP contribution < -0.4 is 5.32 Å². The Bertz CT molecular complexity index is 399. The molecule has 1 aromatic rings. The van der Waals surface area contributed by atoms with Crippen LogP contribution in [0.2, 0.25) is 0 Å². The second-order valence-electron chi connectivity index (χ2n) is 4.69. The van der Waals surface area contributed by atoms with Crippen molar-refractivity contribution in [2.75, 3.05) is 14.1 Å². The van der Waals surface area contributed by atoms with E-state index in [1.54, 1.807) is 19.0 Å². The number of hydrogen-bond donors (Lipinski definition) is 1. The van der Waals surface area contributed by atoms with Crippen molar-refractivity contribution in [3.05, 3.63) is 34.9 Å². The SMILES string of the molecule is Cc1cccc(CNC(C)C(=O)N(C)C)c1C. The highest BCUT2D eigenvalue weighted by Gasteiger charge is 2.14. The minimum absolute atomic E-state index is 0.107. The van der Waals surface area contributed by atoms with E-state index in [-0.39, 0.29) is 11.9 Å². The summed E-state index contributed by atoms with van der Waals surface area (Å²) < 4.78 is 0. The van der Waals surface area contributed by atoms with Gasteiger partial charge in [0, 0.05) is 20.6 Å². The van der Waals surface area contributed by atoms with Crippen LogP contribution in [0.3, 0.4) is 0 Å². The molecule has 0 spiro atoms. The van der Waals surface area contributed by atoms with Crippen LogP contribution in [0, 0.1) is 13.8 Å². The molecule has 1 unspecified atom stereocenters. The van der Waals surface area contributed by atoms with Crippen LogP contribution in [0.25, 0.3) is 0 Å². The molecule has 0 aliphatic heterocycles. The highest BCUT2D eigenvalue weighted by Crippen LogP contribution is 2.12. The minimum atomic E-state index is -0.148. The average molecular weight is 234 g/mol. The highest BCUT2D eigenvalue weighted by atomic mass is 16.2. The van der Waals surface area contributed by atoms with Crippen molar-refractivity contribution in [2.45, 2.75) is 33.4 Å². The number of likely N-dealkylation sites (N-methyl/N-ethyl adjacent to an activating group) is 1. The molecule has 0 aliphatic carbocycles. The lowest BCUT2D eigenvalue weighted by molar-refractivity contribution is -0.130. The molecular formula is C14H22N2O. The predicted octanol–water partition coefficient (Wildman–Crippen LogP) is 1.87. The van der Waals surface area contributed by atoms with Gasteiger partial charge in [0.05, 0.1) is 6.04 Å². The van der Waals surface area contributed by atoms with E-state index in [4.69, 9.17) is 0 Å². The summed E-state index contributed by atoms with van der Waals surface area (Å²) in [4.78, 5) is 13.3. The van der Waals surface area contributed by atoms with E-state index < -0.39 is 0 Å². The maximum Gasteiger partial charge on any atom is 0.238 e. The van der Waals surface area contributed by atoms with Crippen LogP contribution in [-0.4, -0.2) is 30.9 Å². The molecule has 0 bridgehead atoms. The van der Waals surface area contributed by atoms with Gasteiger partial charge >= 0.3 is 0 Å². The lowest BCUT2D eigenvalue weighted by Gasteiger charge is -2.19. The fourth-order valence-corrected chi connectivity index (χ4v) is 1.74. The summed E-state index contributed by atoms with van der Waals surface area (Å²) in [5.41, 5.74) is 3.84. The fourth-order valence-electron chi connectivity index (χ4n) is 1.74. The van der Waals surface area contributed by atoms with Gasteiger partial charge in [-0.05, 0) is 37.5 Å². The van der Waals surface area contributed by atoms with Gasteiger partial charge in [0.15, 0.2) is 0 Å². The number of amides is 1. The Kier molecular flexibility index (Phi) is 4.70. The Morgan fingerprint density at radius 1 is 1.35 bits per heavy atom. The summed E-state index contributed by atoms with van der Waals surface area (Å²) in [7, 11) is 3.55. The summed E-state index contributed by atoms with van der Waals surface area (Å²) in [5.74, 6) is 0.107. The van der Waals surface area contributed by atoms with Gasteiger partial charge in [0.25, 0.3) is 0 Å². The third-order valence-corrected chi connectivity index (χ3v) is 3.13. The maximum absolute atomic E-state index is 11.7. The van der Waals surface area contributed by atoms with Crippen LogP contribution >= 0.6 is 0 Å². The third-order valence-electron chi connectivity index (χ3n) is 3.13. The zero-order chi connectivity index (χ0) is 13.0. The Morgan fingerprint density at radius 2 is 2.00 bits per heavy atom. The Balaban J connectivity index is 2.62. The summed E-state index contributed by atoms with van der Waals surface area (Å²) >= 11 is 0. The first-order chi connectivity index (χ1) is 7.93. The van der Waals surface area contributed by atoms with Crippen molar-refractivity contribution >= 4 is 5.91 Å². The van der Waals surface area contributed by atoms with Crippen LogP contribution in [0.5, 0.6) is 0 Å². The summed E-state index contributed by atoms with van der Waals surface area (Å²) in [5, 5.41) is 3.26. The number of hydrogen-bond acceptors (Lipinski definition) is 2. The monoisotopic (exact) mass is 234 g/mol. The van der Waals surface area contributed by atoms with Crippen LogP contribution in [0.1, 0.15) is 23.6 Å². The van der Waals surface area contributed by atoms with Crippen LogP contribution in [0.15, 0.2) is 18.2 Å². The van der Waals surface area contributed by atoms with E-state index in [0.29, 0.717) is 0 Å². The molecule has 0 radical (unpaired) electrons. The molecule has 17 heavy (non-hydrogen) atoms. The van der Waals surface area contributed by atoms with E-state index in [1.165, 1.54) is 16.7 Å². The minimum Gasteiger partial charge on any atom is -0.347 e. The smallest absolute Gasteiger partial charge is 0.238 e. The van der Waals surface area contributed by atoms with Gasteiger partial charge in [-0.2, -0.15) is 0 Å². The standard InChI is InChI=1S/C14H22N2O/c1-10-7-6-8-13(11(10)2)9-15-12(3)14(17)16(4)5/h6-8,12,15H,9H2,1-5H3. The molecule has 1 amide bonds. The van der Waals surface area contributed by atoms with E-state index in [1.807, 2.05) is 6.92 Å². The molecule has 1 aromatic carbocycles. The molecule has 0 saturated heterocycles. The summed E-state index contributed by atoms with van der Waals surface area (Å²) in [6.45, 7) is 6.85. The van der Waals surface area contributed by atoms with Crippen molar-refractivity contribution < 1.29 is 4.79 Å². The lowest BCUT2D eigenvalue weighted by atomic mass is 10.0. The molecule has 3 nitrogen and oxygen atoms in total. The second kappa shape index (κ2) is 5.82. The first kappa shape index (κ1) is 13.7. The van der Waals surface area contributed by atoms with Gasteiger partial charge < -0.3 is 10.2 Å². The van der Waals surface area contributed by atoms with E-state index in [9.17, 15) is 4.79 Å². The van der Waals surface area contributed by atoms with Gasteiger partial charge in [-0.15, -0.1) is 0 Å². The molecule has 0 aromatic heterocycles. The number of nitrogens with one attached hydrogen (secondary N) is 1. The summed E-state index contributed by atoms with van der Waals surface area (Å²) in [6, 6.07) is 6.11. The zero-order valence-electron chi connectivity index (χ0n) is 11.4. The maximum atomic E-state index is 11.7. The normalized spacial score (nSPS) is 12.3. The molecule has 0 saturated carbocycles. The Morgan fingerprint density at radius 3 is 2.59 bits per heavy atom. The number of carbonyl (C=O) groups excluding carboxylic acids is 1. The number of rotatable bonds is 4. The van der Waals surface area contributed by atoms with Crippen LogP contribution in [-0.2, 0) is 11.3 Å². The van der Waals surface area contributed by atoms with Gasteiger partial charge in [-0.3, -0.25) is 4.79 Å². The third kappa shape index (κ3) is 3.56. The van der Waals surface area contributed by atoms with Crippen molar-refractivity contribution in [1.29, 1.82) is 0 Å². The molecular weight excluding hydrogens is 212 g/mol. The second-order valence-corrected chi connectivity index (χ2v) is 4.69. The molecule has 1 atom stereocenters. The molecule has 94 valence electrons. The number of carbonyl (C=O) groups is 1. The van der Waals surface area contributed by atoms with Gasteiger partial charge in [-0.1, -0.05) is 18.2 Å². The molecule has 0 heterocycles. The predicted molar refractivity (Wildman–Crippen MR) is 70.9 cm³/mol. The Labute approximate surface area is 104 Å². The molecule has 0 fully saturated rings.